The van der Waals surface area contributed by atoms with E-state index in [0.29, 0.717) is 6.29 Å². The highest BCUT2D eigenvalue weighted by molar-refractivity contribution is 5.73. The van der Waals surface area contributed by atoms with Crippen molar-refractivity contribution in [3.63, 3.8) is 0 Å². The van der Waals surface area contributed by atoms with Crippen molar-refractivity contribution in [3.8, 4) is 5.88 Å². The number of benzene rings is 1. The van der Waals surface area contributed by atoms with Gasteiger partial charge >= 0.3 is 6.18 Å². The SMILES string of the molecule is O=Cc1ccc(O[C@@H](c2ccccc2)C(F)(F)F)nc1. The van der Waals surface area contributed by atoms with Gasteiger partial charge in [-0.1, -0.05) is 30.3 Å². The molecule has 0 aliphatic carbocycles. The first-order valence-electron chi connectivity index (χ1n) is 5.70. The molecule has 0 aliphatic rings. The summed E-state index contributed by atoms with van der Waals surface area (Å²) in [5.41, 5.74) is 0.252. The standard InChI is InChI=1S/C14H10F3NO2/c15-14(16,17)13(11-4-2-1-3-5-11)20-12-7-6-10(9-19)8-18-12/h1-9,13H/t13-/m0/s1. The Bertz CT molecular complexity index is 567. The lowest BCUT2D eigenvalue weighted by Gasteiger charge is -2.21. The zero-order valence-corrected chi connectivity index (χ0v) is 10.2. The maximum absolute atomic E-state index is 13.0. The normalized spacial score (nSPS) is 12.8. The number of halogens is 3. The van der Waals surface area contributed by atoms with Gasteiger partial charge in [0.25, 0.3) is 0 Å². The van der Waals surface area contributed by atoms with Crippen molar-refractivity contribution < 1.29 is 22.7 Å². The number of carbonyl (C=O) groups excluding carboxylic acids is 1. The van der Waals surface area contributed by atoms with Gasteiger partial charge < -0.3 is 4.74 Å². The summed E-state index contributed by atoms with van der Waals surface area (Å²) in [6.07, 6.45) is -4.96. The van der Waals surface area contributed by atoms with Crippen LogP contribution in [0.1, 0.15) is 22.0 Å². The van der Waals surface area contributed by atoms with Crippen molar-refractivity contribution in [1.29, 1.82) is 0 Å². The highest BCUT2D eigenvalue weighted by Crippen LogP contribution is 2.36. The fourth-order valence-corrected chi connectivity index (χ4v) is 1.60. The summed E-state index contributed by atoms with van der Waals surface area (Å²) in [6, 6.07) is 9.85. The van der Waals surface area contributed by atoms with Crippen molar-refractivity contribution in [3.05, 3.63) is 59.8 Å². The molecule has 0 bridgehead atoms. The molecule has 2 aromatic rings. The molecular formula is C14H10F3NO2. The molecule has 1 aromatic carbocycles. The number of nitrogens with zero attached hydrogens (tertiary/aromatic N) is 1. The van der Waals surface area contributed by atoms with Crippen molar-refractivity contribution in [2.24, 2.45) is 0 Å². The first-order valence-corrected chi connectivity index (χ1v) is 5.70. The third-order valence-corrected chi connectivity index (χ3v) is 2.53. The highest BCUT2D eigenvalue weighted by Gasteiger charge is 2.43. The minimum Gasteiger partial charge on any atom is -0.460 e. The summed E-state index contributed by atoms with van der Waals surface area (Å²) >= 11 is 0. The van der Waals surface area contributed by atoms with Crippen molar-refractivity contribution in [2.75, 3.05) is 0 Å². The molecule has 20 heavy (non-hydrogen) atoms. The fraction of sp³-hybridized carbons (Fsp3) is 0.143. The van der Waals surface area contributed by atoms with Crippen LogP contribution in [0, 0.1) is 0 Å². The number of hydrogen-bond donors (Lipinski definition) is 0. The lowest BCUT2D eigenvalue weighted by Crippen LogP contribution is -2.26. The van der Waals surface area contributed by atoms with Crippen LogP contribution in [0.3, 0.4) is 0 Å². The Morgan fingerprint density at radius 1 is 1.10 bits per heavy atom. The van der Waals surface area contributed by atoms with Gasteiger partial charge in [-0.05, 0) is 6.07 Å². The Morgan fingerprint density at radius 3 is 2.30 bits per heavy atom. The van der Waals surface area contributed by atoms with Gasteiger partial charge in [0.05, 0.1) is 0 Å². The van der Waals surface area contributed by atoms with Crippen LogP contribution in [0.2, 0.25) is 0 Å². The van der Waals surface area contributed by atoms with Crippen LogP contribution in [-0.2, 0) is 0 Å². The summed E-state index contributed by atoms with van der Waals surface area (Å²) in [5, 5.41) is 0. The molecule has 0 saturated heterocycles. The Kier molecular flexibility index (Phi) is 4.02. The topological polar surface area (TPSA) is 39.2 Å². The Hall–Kier alpha value is -2.37. The molecule has 0 unspecified atom stereocenters. The molecule has 2 rings (SSSR count). The summed E-state index contributed by atoms with van der Waals surface area (Å²) in [5.74, 6) is -0.193. The molecule has 1 heterocycles. The van der Waals surface area contributed by atoms with Crippen LogP contribution in [-0.4, -0.2) is 17.4 Å². The van der Waals surface area contributed by atoms with Crippen LogP contribution in [0.25, 0.3) is 0 Å². The molecule has 0 saturated carbocycles. The van der Waals surface area contributed by atoms with Gasteiger partial charge in [0.1, 0.15) is 0 Å². The second kappa shape index (κ2) is 5.73. The molecule has 1 atom stereocenters. The van der Waals surface area contributed by atoms with E-state index < -0.39 is 12.3 Å². The Labute approximate surface area is 113 Å². The van der Waals surface area contributed by atoms with Gasteiger partial charge in [0, 0.05) is 23.4 Å². The number of aromatic nitrogens is 1. The van der Waals surface area contributed by atoms with Crippen molar-refractivity contribution in [2.45, 2.75) is 12.3 Å². The van der Waals surface area contributed by atoms with Crippen LogP contribution < -0.4 is 4.74 Å². The molecule has 0 fully saturated rings. The maximum atomic E-state index is 13.0. The molecule has 6 heteroatoms. The maximum Gasteiger partial charge on any atom is 0.429 e. The smallest absolute Gasteiger partial charge is 0.429 e. The van der Waals surface area contributed by atoms with Crippen LogP contribution in [0.15, 0.2) is 48.7 Å². The molecule has 104 valence electrons. The predicted molar refractivity (Wildman–Crippen MR) is 65.5 cm³/mol. The number of carbonyl (C=O) groups is 1. The van der Waals surface area contributed by atoms with Gasteiger partial charge in [-0.25, -0.2) is 4.98 Å². The zero-order valence-electron chi connectivity index (χ0n) is 10.2. The first-order chi connectivity index (χ1) is 9.50. The third-order valence-electron chi connectivity index (χ3n) is 2.53. The quantitative estimate of drug-likeness (QED) is 0.804. The molecule has 0 amide bonds. The van der Waals surface area contributed by atoms with Gasteiger partial charge in [-0.2, -0.15) is 13.2 Å². The zero-order chi connectivity index (χ0) is 14.6. The monoisotopic (exact) mass is 281 g/mol. The van der Waals surface area contributed by atoms with E-state index in [1.165, 1.54) is 36.4 Å². The van der Waals surface area contributed by atoms with Gasteiger partial charge in [-0.15, -0.1) is 0 Å². The van der Waals surface area contributed by atoms with Crippen LogP contribution >= 0.6 is 0 Å². The van der Waals surface area contributed by atoms with Crippen LogP contribution in [0.4, 0.5) is 13.2 Å². The largest absolute Gasteiger partial charge is 0.460 e. The number of hydrogen-bond acceptors (Lipinski definition) is 3. The number of ether oxygens (including phenoxy) is 1. The van der Waals surface area contributed by atoms with Crippen molar-refractivity contribution >= 4 is 6.29 Å². The summed E-state index contributed by atoms with van der Waals surface area (Å²) in [4.78, 5) is 14.1. The van der Waals surface area contributed by atoms with E-state index in [2.05, 4.69) is 4.98 Å². The number of alkyl halides is 3. The van der Waals surface area contributed by atoms with E-state index in [9.17, 15) is 18.0 Å². The van der Waals surface area contributed by atoms with E-state index in [1.807, 2.05) is 0 Å². The molecule has 0 N–H and O–H groups in total. The minimum atomic E-state index is -4.56. The average molecular weight is 281 g/mol. The van der Waals surface area contributed by atoms with Gasteiger partial charge in [0.2, 0.25) is 12.0 Å². The second-order valence-electron chi connectivity index (χ2n) is 4.00. The lowest BCUT2D eigenvalue weighted by molar-refractivity contribution is -0.198. The van der Waals surface area contributed by atoms with E-state index in [1.54, 1.807) is 6.07 Å². The van der Waals surface area contributed by atoms with Gasteiger partial charge in [0.15, 0.2) is 6.29 Å². The number of rotatable bonds is 4. The number of pyridine rings is 1. The highest BCUT2D eigenvalue weighted by atomic mass is 19.4. The molecule has 0 radical (unpaired) electrons. The molecule has 0 spiro atoms. The molecular weight excluding hydrogens is 271 g/mol. The van der Waals surface area contributed by atoms with E-state index in [0.717, 1.165) is 6.20 Å². The van der Waals surface area contributed by atoms with Crippen molar-refractivity contribution in [1.82, 2.24) is 4.98 Å². The summed E-state index contributed by atoms with van der Waals surface area (Å²) in [7, 11) is 0. The summed E-state index contributed by atoms with van der Waals surface area (Å²) < 4.78 is 44.0. The summed E-state index contributed by atoms with van der Waals surface area (Å²) in [6.45, 7) is 0. The molecule has 3 nitrogen and oxygen atoms in total. The second-order valence-corrected chi connectivity index (χ2v) is 4.00. The van der Waals surface area contributed by atoms with E-state index in [-0.39, 0.29) is 17.0 Å². The Morgan fingerprint density at radius 2 is 1.80 bits per heavy atom. The van der Waals surface area contributed by atoms with E-state index >= 15 is 0 Å². The average Bonchev–Trinajstić information content (AvgIpc) is 2.45. The molecule has 0 aliphatic heterocycles. The van der Waals surface area contributed by atoms with Crippen LogP contribution in [0.5, 0.6) is 5.88 Å². The lowest BCUT2D eigenvalue weighted by atomic mass is 10.1. The fourth-order valence-electron chi connectivity index (χ4n) is 1.60. The Balaban J connectivity index is 2.26. The molecule has 1 aromatic heterocycles. The minimum absolute atomic E-state index is 0.0127. The van der Waals surface area contributed by atoms with E-state index in [4.69, 9.17) is 4.74 Å². The first kappa shape index (κ1) is 14.0. The van der Waals surface area contributed by atoms with Gasteiger partial charge in [-0.3, -0.25) is 4.79 Å². The third kappa shape index (κ3) is 3.34. The predicted octanol–water partition coefficient (Wildman–Crippen LogP) is 3.58. The number of aldehydes is 1.